The molecule has 0 aromatic rings. The number of aliphatic carboxylic acids is 1. The second-order valence-corrected chi connectivity index (χ2v) is 12.4. The normalized spacial score (nSPS) is 24.8. The Hall–Kier alpha value is -3.50. The maximum absolute atomic E-state index is 13.2. The molecule has 11 nitrogen and oxygen atoms in total. The predicted octanol–water partition coefficient (Wildman–Crippen LogP) is 4.57. The number of esters is 1. The fourth-order valence-corrected chi connectivity index (χ4v) is 4.48. The number of unbranched alkanes of at least 4 members (excludes halogenated alkanes) is 2. The molecule has 2 saturated carbocycles. The number of hydrogen-bond acceptors (Lipinski definition) is 8. The zero-order chi connectivity index (χ0) is 32.3. The monoisotopic (exact) mass is 604 g/mol. The summed E-state index contributed by atoms with van der Waals surface area (Å²) < 4.78 is 53.8. The fourth-order valence-electron chi connectivity index (χ4n) is 4.48. The smallest absolute Gasteiger partial charge is 0.471 e. The summed E-state index contributed by atoms with van der Waals surface area (Å²) in [6, 6.07) is 0. The van der Waals surface area contributed by atoms with Gasteiger partial charge < -0.3 is 24.6 Å². The molecular formula is C28H39F3N2O9. The molecule has 2 aliphatic rings. The van der Waals surface area contributed by atoms with Crippen LogP contribution < -0.4 is 5.32 Å². The van der Waals surface area contributed by atoms with E-state index in [-0.39, 0.29) is 32.3 Å². The molecule has 0 radical (unpaired) electrons. The van der Waals surface area contributed by atoms with Gasteiger partial charge in [0.15, 0.2) is 5.54 Å². The number of hydrogen-bond donors (Lipinski definition) is 2. The molecule has 0 aromatic heterocycles. The molecule has 0 bridgehead atoms. The summed E-state index contributed by atoms with van der Waals surface area (Å²) in [4.78, 5) is 62.8. The van der Waals surface area contributed by atoms with Gasteiger partial charge in [0.05, 0.1) is 12.5 Å². The van der Waals surface area contributed by atoms with E-state index in [1.165, 1.54) is 0 Å². The van der Waals surface area contributed by atoms with Crippen molar-refractivity contribution in [2.24, 2.45) is 11.8 Å². The van der Waals surface area contributed by atoms with Crippen LogP contribution in [0.2, 0.25) is 0 Å². The van der Waals surface area contributed by atoms with E-state index in [9.17, 15) is 42.3 Å². The van der Waals surface area contributed by atoms with Crippen LogP contribution in [0.1, 0.15) is 87.0 Å². The van der Waals surface area contributed by atoms with Gasteiger partial charge in [0.25, 0.3) is 0 Å². The summed E-state index contributed by atoms with van der Waals surface area (Å²) in [5, 5.41) is 11.0. The third-order valence-electron chi connectivity index (χ3n) is 6.57. The standard InChI is InChI=1S/C28H39F3N2O9/c1-8-40-21(37)27(33(22(38)41-24(2,3)4)23(39)42-25(5,6)7)16-18(27)14-12-10-9-11-13-17-15-26(17,20(35)36)32-19(34)28(29,30)31/h17-18H,8-11,13,15-16H2,1-7H3,(H,32,34)(H,35,36)/t17?,18-,26?,27-/m1/s1. The van der Waals surface area contributed by atoms with Crippen LogP contribution in [-0.2, 0) is 28.6 Å². The highest BCUT2D eigenvalue weighted by molar-refractivity contribution is 5.99. The number of carboxylic acids is 1. The van der Waals surface area contributed by atoms with Crippen molar-refractivity contribution in [3.8, 4) is 11.8 Å². The largest absolute Gasteiger partial charge is 0.479 e. The van der Waals surface area contributed by atoms with Crippen LogP contribution in [0, 0.1) is 23.7 Å². The van der Waals surface area contributed by atoms with Gasteiger partial charge in [0.2, 0.25) is 0 Å². The highest BCUT2D eigenvalue weighted by Crippen LogP contribution is 2.51. The number of rotatable bonds is 9. The topological polar surface area (TPSA) is 149 Å². The van der Waals surface area contributed by atoms with E-state index in [1.54, 1.807) is 53.8 Å². The zero-order valence-corrected chi connectivity index (χ0v) is 24.9. The molecule has 3 amide bonds. The number of halogens is 3. The lowest BCUT2D eigenvalue weighted by Gasteiger charge is -2.32. The van der Waals surface area contributed by atoms with Crippen LogP contribution >= 0.6 is 0 Å². The van der Waals surface area contributed by atoms with Crippen molar-refractivity contribution in [2.75, 3.05) is 6.61 Å². The van der Waals surface area contributed by atoms with E-state index in [4.69, 9.17) is 14.2 Å². The predicted molar refractivity (Wildman–Crippen MR) is 141 cm³/mol. The van der Waals surface area contributed by atoms with Gasteiger partial charge in [0.1, 0.15) is 16.7 Å². The van der Waals surface area contributed by atoms with Gasteiger partial charge in [-0.2, -0.15) is 18.1 Å². The quantitative estimate of drug-likeness (QED) is 0.167. The number of ether oxygens (including phenoxy) is 3. The Morgan fingerprint density at radius 3 is 1.95 bits per heavy atom. The first-order valence-electron chi connectivity index (χ1n) is 13.6. The van der Waals surface area contributed by atoms with Crippen molar-refractivity contribution in [1.82, 2.24) is 10.2 Å². The second-order valence-electron chi connectivity index (χ2n) is 12.4. The Labute approximate surface area is 242 Å². The molecule has 42 heavy (non-hydrogen) atoms. The molecule has 2 N–H and O–H groups in total. The summed E-state index contributed by atoms with van der Waals surface area (Å²) in [5.41, 5.74) is -5.66. The molecule has 14 heteroatoms. The Balaban J connectivity index is 2.10. The minimum Gasteiger partial charge on any atom is -0.479 e. The molecule has 2 unspecified atom stereocenters. The lowest BCUT2D eigenvalue weighted by Crippen LogP contribution is -2.55. The third-order valence-corrected chi connectivity index (χ3v) is 6.57. The summed E-state index contributed by atoms with van der Waals surface area (Å²) in [7, 11) is 0. The summed E-state index contributed by atoms with van der Waals surface area (Å²) >= 11 is 0. The lowest BCUT2D eigenvalue weighted by molar-refractivity contribution is -0.176. The average Bonchev–Trinajstić information content (AvgIpc) is 3.69. The molecule has 2 aliphatic carbocycles. The summed E-state index contributed by atoms with van der Waals surface area (Å²) in [5.74, 6) is -0.265. The molecular weight excluding hydrogens is 565 g/mol. The zero-order valence-electron chi connectivity index (χ0n) is 24.9. The van der Waals surface area contributed by atoms with Crippen molar-refractivity contribution in [2.45, 2.75) is 115 Å². The van der Waals surface area contributed by atoms with Crippen molar-refractivity contribution in [3.05, 3.63) is 0 Å². The molecule has 236 valence electrons. The van der Waals surface area contributed by atoms with E-state index >= 15 is 0 Å². The minimum absolute atomic E-state index is 0.000567. The Bertz CT molecular complexity index is 1120. The SMILES string of the molecule is CCOC(=O)[C@@]1(N(C(=O)OC(C)(C)C)C(=O)OC(C)(C)C)C[C@H]1C#CCCCCC1CC1(NC(=O)C(F)(F)F)C(=O)O. The van der Waals surface area contributed by atoms with Crippen molar-refractivity contribution in [1.29, 1.82) is 0 Å². The Morgan fingerprint density at radius 2 is 1.50 bits per heavy atom. The maximum Gasteiger partial charge on any atom is 0.471 e. The molecule has 0 spiro atoms. The van der Waals surface area contributed by atoms with Crippen LogP contribution in [0.4, 0.5) is 22.8 Å². The van der Waals surface area contributed by atoms with Crippen LogP contribution in [0.25, 0.3) is 0 Å². The molecule has 0 heterocycles. The lowest BCUT2D eigenvalue weighted by atomic mass is 10.1. The first-order chi connectivity index (χ1) is 19.1. The van der Waals surface area contributed by atoms with Crippen molar-refractivity contribution in [3.63, 3.8) is 0 Å². The maximum atomic E-state index is 13.2. The number of carbonyl (C=O) groups excluding carboxylic acids is 4. The van der Waals surface area contributed by atoms with Gasteiger partial charge in [0, 0.05) is 12.8 Å². The molecule has 0 saturated heterocycles. The third kappa shape index (κ3) is 8.51. The summed E-state index contributed by atoms with van der Waals surface area (Å²) in [6.45, 7) is 11.2. The summed E-state index contributed by atoms with van der Waals surface area (Å²) in [6.07, 6.45) is -6.04. The van der Waals surface area contributed by atoms with E-state index in [0.29, 0.717) is 17.7 Å². The first-order valence-corrected chi connectivity index (χ1v) is 13.6. The van der Waals surface area contributed by atoms with Gasteiger partial charge in [-0.15, -0.1) is 5.92 Å². The molecule has 0 aromatic carbocycles. The minimum atomic E-state index is -5.19. The van der Waals surface area contributed by atoms with Gasteiger partial charge >= 0.3 is 36.2 Å². The number of carboxylic acid groups (broad SMARTS) is 1. The number of imide groups is 1. The molecule has 0 aliphatic heterocycles. The van der Waals surface area contributed by atoms with Gasteiger partial charge in [-0.1, -0.05) is 12.3 Å². The van der Waals surface area contributed by atoms with E-state index in [1.807, 2.05) is 0 Å². The first kappa shape index (κ1) is 34.7. The number of carbonyl (C=O) groups is 5. The number of amides is 3. The van der Waals surface area contributed by atoms with Crippen LogP contribution in [0.15, 0.2) is 0 Å². The van der Waals surface area contributed by atoms with Crippen molar-refractivity contribution < 1.29 is 56.5 Å². The van der Waals surface area contributed by atoms with Gasteiger partial charge in [-0.05, 0) is 73.6 Å². The highest BCUT2D eigenvalue weighted by atomic mass is 19.4. The highest BCUT2D eigenvalue weighted by Gasteiger charge is 2.70. The second kappa shape index (κ2) is 12.4. The van der Waals surface area contributed by atoms with Crippen LogP contribution in [-0.4, -0.2) is 75.1 Å². The molecule has 4 atom stereocenters. The van der Waals surface area contributed by atoms with E-state index in [0.717, 1.165) is 0 Å². The Kier molecular flexibility index (Phi) is 10.2. The van der Waals surface area contributed by atoms with Crippen molar-refractivity contribution >= 4 is 30.0 Å². The number of nitrogens with zero attached hydrogens (tertiary/aromatic N) is 1. The van der Waals surface area contributed by atoms with Gasteiger partial charge in [-0.3, -0.25) is 4.79 Å². The fraction of sp³-hybridized carbons (Fsp3) is 0.750. The number of alkyl halides is 3. The van der Waals surface area contributed by atoms with Crippen LogP contribution in [0.5, 0.6) is 0 Å². The average molecular weight is 605 g/mol. The number of nitrogens with one attached hydrogen (secondary N) is 1. The molecule has 2 fully saturated rings. The van der Waals surface area contributed by atoms with Crippen LogP contribution in [0.3, 0.4) is 0 Å². The van der Waals surface area contributed by atoms with Gasteiger partial charge in [-0.25, -0.2) is 19.2 Å². The molecule has 2 rings (SSSR count). The Morgan fingerprint density at radius 1 is 0.952 bits per heavy atom. The van der Waals surface area contributed by atoms with E-state index in [2.05, 4.69) is 11.8 Å². The van der Waals surface area contributed by atoms with E-state index < -0.39 is 70.3 Å².